The number of para-hydroxylation sites is 1. The number of anilines is 2. The topological polar surface area (TPSA) is 56.1 Å². The summed E-state index contributed by atoms with van der Waals surface area (Å²) in [6.45, 7) is 3.00. The highest BCUT2D eigenvalue weighted by Gasteiger charge is 2.08. The number of hydrogen-bond donors (Lipinski definition) is 1. The van der Waals surface area contributed by atoms with Gasteiger partial charge in [-0.2, -0.15) is 5.26 Å². The van der Waals surface area contributed by atoms with E-state index in [0.717, 1.165) is 12.2 Å². The molecular weight excluding hydrogens is 274 g/mol. The zero-order valence-corrected chi connectivity index (χ0v) is 12.8. The van der Waals surface area contributed by atoms with Gasteiger partial charge < -0.3 is 10.2 Å². The van der Waals surface area contributed by atoms with Crippen LogP contribution in [0.2, 0.25) is 0 Å². The van der Waals surface area contributed by atoms with Crippen molar-refractivity contribution < 1.29 is 4.79 Å². The fraction of sp³-hybridized carbons (Fsp3) is 0.222. The summed E-state index contributed by atoms with van der Waals surface area (Å²) in [6, 6.07) is 17.3. The van der Waals surface area contributed by atoms with Crippen LogP contribution >= 0.6 is 0 Å². The standard InChI is InChI=1S/C18H19N3O/c1-14(22)17-9-8-15(13-19)12-18(17)20-10-11-21(2)16-6-4-3-5-7-16/h3-9,12,20H,10-11H2,1-2H3. The van der Waals surface area contributed by atoms with Gasteiger partial charge in [-0.25, -0.2) is 0 Å². The predicted octanol–water partition coefficient (Wildman–Crippen LogP) is 3.31. The SMILES string of the molecule is CC(=O)c1ccc(C#N)cc1NCCN(C)c1ccccc1. The third kappa shape index (κ3) is 3.86. The molecule has 22 heavy (non-hydrogen) atoms. The first-order valence-corrected chi connectivity index (χ1v) is 7.17. The fourth-order valence-corrected chi connectivity index (χ4v) is 2.24. The summed E-state index contributed by atoms with van der Waals surface area (Å²) < 4.78 is 0. The third-order valence-corrected chi connectivity index (χ3v) is 3.49. The molecular formula is C18H19N3O. The summed E-state index contributed by atoms with van der Waals surface area (Å²) >= 11 is 0. The van der Waals surface area contributed by atoms with Gasteiger partial charge in [-0.05, 0) is 37.3 Å². The Morgan fingerprint density at radius 3 is 2.59 bits per heavy atom. The normalized spacial score (nSPS) is 9.86. The van der Waals surface area contributed by atoms with E-state index in [2.05, 4.69) is 28.4 Å². The Morgan fingerprint density at radius 1 is 1.23 bits per heavy atom. The molecule has 1 N–H and O–H groups in total. The van der Waals surface area contributed by atoms with Gasteiger partial charge >= 0.3 is 0 Å². The molecule has 0 spiro atoms. The monoisotopic (exact) mass is 293 g/mol. The summed E-state index contributed by atoms with van der Waals surface area (Å²) in [5.74, 6) is -0.0107. The highest BCUT2D eigenvalue weighted by Crippen LogP contribution is 2.18. The van der Waals surface area contributed by atoms with E-state index < -0.39 is 0 Å². The number of carbonyl (C=O) groups is 1. The first-order chi connectivity index (χ1) is 10.6. The van der Waals surface area contributed by atoms with Crippen LogP contribution in [-0.2, 0) is 0 Å². The largest absolute Gasteiger partial charge is 0.383 e. The number of benzene rings is 2. The zero-order chi connectivity index (χ0) is 15.9. The van der Waals surface area contributed by atoms with Gasteiger partial charge in [-0.1, -0.05) is 18.2 Å². The number of nitrogens with one attached hydrogen (secondary N) is 1. The summed E-state index contributed by atoms with van der Waals surface area (Å²) in [7, 11) is 2.02. The van der Waals surface area contributed by atoms with Crippen LogP contribution in [0.1, 0.15) is 22.8 Å². The molecule has 4 nitrogen and oxygen atoms in total. The number of nitriles is 1. The number of carbonyl (C=O) groups excluding carboxylic acids is 1. The third-order valence-electron chi connectivity index (χ3n) is 3.49. The maximum absolute atomic E-state index is 11.7. The minimum absolute atomic E-state index is 0.0107. The van der Waals surface area contributed by atoms with Crippen molar-refractivity contribution in [3.63, 3.8) is 0 Å². The van der Waals surface area contributed by atoms with E-state index in [-0.39, 0.29) is 5.78 Å². The van der Waals surface area contributed by atoms with E-state index >= 15 is 0 Å². The number of Topliss-reactive ketones (excluding diaryl/α,β-unsaturated/α-hetero) is 1. The van der Waals surface area contributed by atoms with Gasteiger partial charge in [0.1, 0.15) is 0 Å². The molecule has 0 aromatic heterocycles. The molecule has 0 aliphatic carbocycles. The van der Waals surface area contributed by atoms with Gasteiger partial charge in [0.2, 0.25) is 0 Å². The second kappa shape index (κ2) is 7.28. The first kappa shape index (κ1) is 15.6. The Morgan fingerprint density at radius 2 is 1.95 bits per heavy atom. The van der Waals surface area contributed by atoms with Crippen LogP contribution in [0.25, 0.3) is 0 Å². The molecule has 0 amide bonds. The van der Waals surface area contributed by atoms with Gasteiger partial charge in [0.15, 0.2) is 5.78 Å². The quantitative estimate of drug-likeness (QED) is 0.830. The van der Waals surface area contributed by atoms with Crippen molar-refractivity contribution in [3.8, 4) is 6.07 Å². The summed E-state index contributed by atoms with van der Waals surface area (Å²) in [5.41, 5.74) is 3.01. The van der Waals surface area contributed by atoms with Crippen LogP contribution in [0, 0.1) is 11.3 Å². The Hall–Kier alpha value is -2.80. The molecule has 112 valence electrons. The number of hydrogen-bond acceptors (Lipinski definition) is 4. The molecule has 0 atom stereocenters. The molecule has 0 heterocycles. The molecule has 0 aliphatic rings. The first-order valence-electron chi connectivity index (χ1n) is 7.17. The van der Waals surface area contributed by atoms with Crippen molar-refractivity contribution in [1.82, 2.24) is 0 Å². The Bertz CT molecular complexity index is 689. The zero-order valence-electron chi connectivity index (χ0n) is 12.8. The molecule has 0 unspecified atom stereocenters. The van der Waals surface area contributed by atoms with Crippen molar-refractivity contribution in [1.29, 1.82) is 5.26 Å². The Kier molecular flexibility index (Phi) is 5.16. The number of likely N-dealkylation sites (N-methyl/N-ethyl adjacent to an activating group) is 1. The van der Waals surface area contributed by atoms with Gasteiger partial charge in [-0.3, -0.25) is 4.79 Å². The van der Waals surface area contributed by atoms with Crippen LogP contribution in [0.5, 0.6) is 0 Å². The van der Waals surface area contributed by atoms with E-state index in [1.165, 1.54) is 6.92 Å². The van der Waals surface area contributed by atoms with Crippen LogP contribution in [-0.4, -0.2) is 25.9 Å². The molecule has 0 saturated heterocycles. The minimum Gasteiger partial charge on any atom is -0.383 e. The Labute approximate surface area is 131 Å². The lowest BCUT2D eigenvalue weighted by Gasteiger charge is -2.20. The molecule has 0 bridgehead atoms. The molecule has 0 fully saturated rings. The smallest absolute Gasteiger partial charge is 0.161 e. The summed E-state index contributed by atoms with van der Waals surface area (Å²) in [4.78, 5) is 13.8. The van der Waals surface area contributed by atoms with Crippen LogP contribution in [0.4, 0.5) is 11.4 Å². The molecule has 2 aromatic carbocycles. The van der Waals surface area contributed by atoms with Crippen molar-refractivity contribution >= 4 is 17.2 Å². The van der Waals surface area contributed by atoms with Gasteiger partial charge in [0, 0.05) is 37.1 Å². The lowest BCUT2D eigenvalue weighted by molar-refractivity contribution is 0.101. The van der Waals surface area contributed by atoms with Crippen molar-refractivity contribution in [2.24, 2.45) is 0 Å². The van der Waals surface area contributed by atoms with Crippen LogP contribution in [0.3, 0.4) is 0 Å². The van der Waals surface area contributed by atoms with E-state index in [1.54, 1.807) is 18.2 Å². The summed E-state index contributed by atoms with van der Waals surface area (Å²) in [6.07, 6.45) is 0. The highest BCUT2D eigenvalue weighted by atomic mass is 16.1. The van der Waals surface area contributed by atoms with Gasteiger partial charge in [0.25, 0.3) is 0 Å². The molecule has 0 saturated carbocycles. The number of nitrogens with zero attached hydrogens (tertiary/aromatic N) is 2. The highest BCUT2D eigenvalue weighted by molar-refractivity contribution is 5.99. The fourth-order valence-electron chi connectivity index (χ4n) is 2.24. The molecule has 4 heteroatoms. The lowest BCUT2D eigenvalue weighted by atomic mass is 10.1. The van der Waals surface area contributed by atoms with Crippen molar-refractivity contribution in [3.05, 3.63) is 59.7 Å². The van der Waals surface area contributed by atoms with E-state index in [0.29, 0.717) is 23.4 Å². The number of ketones is 1. The maximum Gasteiger partial charge on any atom is 0.161 e. The predicted molar refractivity (Wildman–Crippen MR) is 89.4 cm³/mol. The molecule has 0 radical (unpaired) electrons. The molecule has 2 rings (SSSR count). The summed E-state index contributed by atoms with van der Waals surface area (Å²) in [5, 5.41) is 12.2. The number of rotatable bonds is 6. The Balaban J connectivity index is 2.02. The van der Waals surface area contributed by atoms with Crippen LogP contribution < -0.4 is 10.2 Å². The second-order valence-electron chi connectivity index (χ2n) is 5.11. The van der Waals surface area contributed by atoms with Crippen LogP contribution in [0.15, 0.2) is 48.5 Å². The van der Waals surface area contributed by atoms with Crippen molar-refractivity contribution in [2.75, 3.05) is 30.4 Å². The lowest BCUT2D eigenvalue weighted by Crippen LogP contribution is -2.25. The molecule has 2 aromatic rings. The van der Waals surface area contributed by atoms with Gasteiger partial charge in [-0.15, -0.1) is 0 Å². The van der Waals surface area contributed by atoms with Gasteiger partial charge in [0.05, 0.1) is 11.6 Å². The van der Waals surface area contributed by atoms with E-state index in [4.69, 9.17) is 5.26 Å². The maximum atomic E-state index is 11.7. The second-order valence-corrected chi connectivity index (χ2v) is 5.11. The van der Waals surface area contributed by atoms with E-state index in [9.17, 15) is 4.79 Å². The molecule has 0 aliphatic heterocycles. The average molecular weight is 293 g/mol. The van der Waals surface area contributed by atoms with Crippen molar-refractivity contribution in [2.45, 2.75) is 6.92 Å². The average Bonchev–Trinajstić information content (AvgIpc) is 2.55. The van der Waals surface area contributed by atoms with E-state index in [1.807, 2.05) is 25.2 Å². The minimum atomic E-state index is -0.0107.